The molecule has 6 N–H and O–H groups in total. The van der Waals surface area contributed by atoms with Gasteiger partial charge in [0.25, 0.3) is 5.91 Å². The predicted octanol–water partition coefficient (Wildman–Crippen LogP) is -1.49. The van der Waals surface area contributed by atoms with Gasteiger partial charge in [0, 0.05) is 5.54 Å². The zero-order chi connectivity index (χ0) is 16.8. The second-order valence-electron chi connectivity index (χ2n) is 7.86. The number of nitrogens with one attached hydrogen (secondary N) is 1. The normalized spacial score (nSPS) is 40.5. The summed E-state index contributed by atoms with van der Waals surface area (Å²) < 4.78 is 0. The fourth-order valence-electron chi connectivity index (χ4n) is 5.28. The van der Waals surface area contributed by atoms with E-state index in [1.165, 1.54) is 19.3 Å². The maximum Gasteiger partial charge on any atom is 0.252 e. The molecule has 4 fully saturated rings. The van der Waals surface area contributed by atoms with Crippen LogP contribution in [-0.2, 0) is 4.79 Å². The van der Waals surface area contributed by atoms with Gasteiger partial charge in [0.15, 0.2) is 6.10 Å². The molecular weight excluding hydrogens is 302 g/mol. The molecule has 0 aliphatic heterocycles. The summed E-state index contributed by atoms with van der Waals surface area (Å²) in [7, 11) is 0. The lowest BCUT2D eigenvalue weighted by Crippen LogP contribution is -2.63. The van der Waals surface area contributed by atoms with E-state index in [-0.39, 0.29) is 5.54 Å². The van der Waals surface area contributed by atoms with E-state index in [0.29, 0.717) is 17.8 Å². The van der Waals surface area contributed by atoms with Crippen molar-refractivity contribution in [2.75, 3.05) is 6.61 Å². The van der Waals surface area contributed by atoms with Gasteiger partial charge in [-0.1, -0.05) is 0 Å². The zero-order valence-corrected chi connectivity index (χ0v) is 13.1. The van der Waals surface area contributed by atoms with E-state index in [1.54, 1.807) is 0 Å². The van der Waals surface area contributed by atoms with E-state index in [4.69, 9.17) is 5.11 Å². The summed E-state index contributed by atoms with van der Waals surface area (Å²) in [6, 6.07) is 0. The van der Waals surface area contributed by atoms with Gasteiger partial charge in [0.1, 0.15) is 18.3 Å². The molecule has 0 aromatic carbocycles. The Morgan fingerprint density at radius 2 is 1.43 bits per heavy atom. The minimum atomic E-state index is -1.84. The van der Waals surface area contributed by atoms with Gasteiger partial charge in [0.05, 0.1) is 6.61 Å². The molecule has 0 aromatic rings. The SMILES string of the molecule is O=C(NC12CC3CC(CC(C3)C1)C2)C(O)C(O)C(O)C(O)CO. The first-order valence-electron chi connectivity index (χ1n) is 8.48. The van der Waals surface area contributed by atoms with Gasteiger partial charge in [-0.25, -0.2) is 0 Å². The van der Waals surface area contributed by atoms with Gasteiger partial charge in [-0.3, -0.25) is 4.79 Å². The van der Waals surface area contributed by atoms with Crippen molar-refractivity contribution in [3.05, 3.63) is 0 Å². The monoisotopic (exact) mass is 329 g/mol. The van der Waals surface area contributed by atoms with Crippen LogP contribution in [0.2, 0.25) is 0 Å². The molecule has 0 radical (unpaired) electrons. The summed E-state index contributed by atoms with van der Waals surface area (Å²) in [5.74, 6) is 1.17. The zero-order valence-electron chi connectivity index (χ0n) is 13.1. The second-order valence-corrected chi connectivity index (χ2v) is 7.86. The van der Waals surface area contributed by atoms with Crippen LogP contribution in [0.4, 0.5) is 0 Å². The van der Waals surface area contributed by atoms with Crippen molar-refractivity contribution in [1.29, 1.82) is 0 Å². The number of carbonyl (C=O) groups is 1. The summed E-state index contributed by atoms with van der Waals surface area (Å²) in [5, 5.41) is 50.5. The standard InChI is InChI=1S/C16H27NO6/c18-7-11(19)12(20)13(21)14(22)15(23)17-16-4-8-1-9(5-16)3-10(2-8)6-16/h8-14,18-22H,1-7H2,(H,17,23). The Labute approximate surface area is 135 Å². The van der Waals surface area contributed by atoms with E-state index in [2.05, 4.69) is 5.32 Å². The van der Waals surface area contributed by atoms with Crippen molar-refractivity contribution in [2.24, 2.45) is 17.8 Å². The number of hydrogen-bond acceptors (Lipinski definition) is 6. The molecule has 0 spiro atoms. The highest BCUT2D eigenvalue weighted by Crippen LogP contribution is 2.55. The number of aliphatic hydroxyl groups is 5. The quantitative estimate of drug-likeness (QED) is 0.352. The molecule has 4 aliphatic carbocycles. The molecule has 0 saturated heterocycles. The van der Waals surface area contributed by atoms with Crippen molar-refractivity contribution in [2.45, 2.75) is 68.5 Å². The maximum atomic E-state index is 12.3. The largest absolute Gasteiger partial charge is 0.394 e. The van der Waals surface area contributed by atoms with E-state index in [9.17, 15) is 25.2 Å². The number of hydrogen-bond donors (Lipinski definition) is 6. The van der Waals surface area contributed by atoms with Gasteiger partial charge in [-0.2, -0.15) is 0 Å². The third-order valence-corrected chi connectivity index (χ3v) is 5.95. The van der Waals surface area contributed by atoms with Crippen LogP contribution in [0.25, 0.3) is 0 Å². The van der Waals surface area contributed by atoms with Crippen LogP contribution in [0.5, 0.6) is 0 Å². The third kappa shape index (κ3) is 3.25. The molecule has 7 nitrogen and oxygen atoms in total. The van der Waals surface area contributed by atoms with Crippen LogP contribution < -0.4 is 5.32 Å². The molecule has 1 amide bonds. The highest BCUT2D eigenvalue weighted by atomic mass is 16.4. The Morgan fingerprint density at radius 1 is 0.957 bits per heavy atom. The first-order valence-corrected chi connectivity index (χ1v) is 8.48. The van der Waals surface area contributed by atoms with E-state index in [0.717, 1.165) is 19.3 Å². The predicted molar refractivity (Wildman–Crippen MR) is 80.2 cm³/mol. The number of rotatable bonds is 6. The number of amides is 1. The fraction of sp³-hybridized carbons (Fsp3) is 0.938. The molecule has 4 saturated carbocycles. The van der Waals surface area contributed by atoms with Crippen molar-refractivity contribution in [3.8, 4) is 0 Å². The molecule has 4 bridgehead atoms. The van der Waals surface area contributed by atoms with E-state index in [1.807, 2.05) is 0 Å². The summed E-state index contributed by atoms with van der Waals surface area (Å²) in [4.78, 5) is 12.3. The minimum absolute atomic E-state index is 0.299. The van der Waals surface area contributed by atoms with Gasteiger partial charge < -0.3 is 30.8 Å². The average Bonchev–Trinajstić information content (AvgIpc) is 2.50. The molecule has 4 unspecified atom stereocenters. The van der Waals surface area contributed by atoms with Gasteiger partial charge in [0.2, 0.25) is 0 Å². The summed E-state index contributed by atoms with van der Waals surface area (Å²) >= 11 is 0. The molecule has 0 aromatic heterocycles. The van der Waals surface area contributed by atoms with Crippen LogP contribution in [0, 0.1) is 17.8 Å². The maximum absolute atomic E-state index is 12.3. The topological polar surface area (TPSA) is 130 Å². The van der Waals surface area contributed by atoms with Crippen LogP contribution in [0.15, 0.2) is 0 Å². The first-order chi connectivity index (χ1) is 10.8. The van der Waals surface area contributed by atoms with Crippen LogP contribution in [-0.4, -0.2) is 68.0 Å². The van der Waals surface area contributed by atoms with Gasteiger partial charge in [-0.05, 0) is 56.3 Å². The van der Waals surface area contributed by atoms with Crippen molar-refractivity contribution < 1.29 is 30.3 Å². The van der Waals surface area contributed by atoms with Crippen molar-refractivity contribution >= 4 is 5.91 Å². The molecule has 132 valence electrons. The smallest absolute Gasteiger partial charge is 0.252 e. The highest BCUT2D eigenvalue weighted by molar-refractivity contribution is 5.82. The van der Waals surface area contributed by atoms with Gasteiger partial charge >= 0.3 is 0 Å². The van der Waals surface area contributed by atoms with Crippen molar-refractivity contribution in [3.63, 3.8) is 0 Å². The Hall–Kier alpha value is -0.730. The Morgan fingerprint density at radius 3 is 1.87 bits per heavy atom. The molecule has 23 heavy (non-hydrogen) atoms. The van der Waals surface area contributed by atoms with Crippen LogP contribution >= 0.6 is 0 Å². The molecule has 4 atom stereocenters. The summed E-state index contributed by atoms with van der Waals surface area (Å²) in [6.07, 6.45) is -0.653. The number of aliphatic hydroxyl groups excluding tert-OH is 5. The van der Waals surface area contributed by atoms with E-state index >= 15 is 0 Å². The van der Waals surface area contributed by atoms with Crippen molar-refractivity contribution in [1.82, 2.24) is 5.32 Å². The lowest BCUT2D eigenvalue weighted by Gasteiger charge is -2.57. The highest BCUT2D eigenvalue weighted by Gasteiger charge is 2.52. The van der Waals surface area contributed by atoms with Crippen LogP contribution in [0.1, 0.15) is 38.5 Å². The Balaban J connectivity index is 1.62. The van der Waals surface area contributed by atoms with Gasteiger partial charge in [-0.15, -0.1) is 0 Å². The van der Waals surface area contributed by atoms with Crippen LogP contribution in [0.3, 0.4) is 0 Å². The molecular formula is C16H27NO6. The molecule has 7 heteroatoms. The Kier molecular flexibility index (Phi) is 4.68. The van der Waals surface area contributed by atoms with E-state index < -0.39 is 36.9 Å². The minimum Gasteiger partial charge on any atom is -0.394 e. The second kappa shape index (κ2) is 6.29. The molecule has 4 rings (SSSR count). The molecule has 4 aliphatic rings. The lowest BCUT2D eigenvalue weighted by molar-refractivity contribution is -0.153. The molecule has 0 heterocycles. The lowest BCUT2D eigenvalue weighted by atomic mass is 9.53. The Bertz CT molecular complexity index is 421. The first kappa shape index (κ1) is 17.1. The fourth-order valence-corrected chi connectivity index (χ4v) is 5.28. The summed E-state index contributed by atoms with van der Waals surface area (Å²) in [6.45, 7) is -0.762. The third-order valence-electron chi connectivity index (χ3n) is 5.95. The average molecular weight is 329 g/mol. The number of carbonyl (C=O) groups excluding carboxylic acids is 1. The summed E-state index contributed by atoms with van der Waals surface area (Å²) in [5.41, 5.74) is -0.299.